The third kappa shape index (κ3) is 2.63. The van der Waals surface area contributed by atoms with Crippen LogP contribution in [0.15, 0.2) is 23.1 Å². The molecule has 1 aromatic rings. The molecule has 0 amide bonds. The lowest BCUT2D eigenvalue weighted by Crippen LogP contribution is -2.29. The molecule has 6 nitrogen and oxygen atoms in total. The minimum Gasteiger partial charge on any atom is -0.478 e. The predicted molar refractivity (Wildman–Crippen MR) is 67.5 cm³/mol. The number of carbonyl (C=O) groups is 1. The summed E-state index contributed by atoms with van der Waals surface area (Å²) in [6.07, 6.45) is -0.254. The van der Waals surface area contributed by atoms with Gasteiger partial charge in [0, 0.05) is 13.1 Å². The second-order valence-corrected chi connectivity index (χ2v) is 6.53. The molecule has 0 spiro atoms. The summed E-state index contributed by atoms with van der Waals surface area (Å²) in [4.78, 5) is 11.0. The van der Waals surface area contributed by atoms with Gasteiger partial charge in [-0.25, -0.2) is 13.2 Å². The molecular formula is C12H15NO5S. The highest BCUT2D eigenvalue weighted by Gasteiger charge is 2.32. The van der Waals surface area contributed by atoms with Gasteiger partial charge in [-0.3, -0.25) is 0 Å². The first-order chi connectivity index (χ1) is 8.82. The summed E-state index contributed by atoms with van der Waals surface area (Å²) < 4.78 is 25.8. The van der Waals surface area contributed by atoms with Crippen LogP contribution in [0.2, 0.25) is 0 Å². The number of aromatic carboxylic acids is 1. The lowest BCUT2D eigenvalue weighted by atomic mass is 10.1. The van der Waals surface area contributed by atoms with Crippen molar-refractivity contribution in [2.24, 2.45) is 0 Å². The van der Waals surface area contributed by atoms with Gasteiger partial charge in [0.1, 0.15) is 0 Å². The Balaban J connectivity index is 2.41. The quantitative estimate of drug-likeness (QED) is 0.840. The molecule has 7 heteroatoms. The molecule has 1 heterocycles. The zero-order valence-corrected chi connectivity index (χ0v) is 11.2. The fourth-order valence-corrected chi connectivity index (χ4v) is 3.59. The van der Waals surface area contributed by atoms with Crippen molar-refractivity contribution in [3.63, 3.8) is 0 Å². The standard InChI is InChI=1S/C12H15NO5S/c1-8-2-3-10(6-11(8)12(15)16)19(17,18)13-5-4-9(14)7-13/h2-3,6,9,14H,4-5,7H2,1H3,(H,15,16)/t9-/m1/s1. The molecule has 0 bridgehead atoms. The molecule has 1 atom stereocenters. The van der Waals surface area contributed by atoms with Crippen LogP contribution in [0.25, 0.3) is 0 Å². The number of aryl methyl sites for hydroxylation is 1. The van der Waals surface area contributed by atoms with Gasteiger partial charge in [0.15, 0.2) is 0 Å². The van der Waals surface area contributed by atoms with Gasteiger partial charge in [-0.2, -0.15) is 4.31 Å². The molecule has 1 saturated heterocycles. The van der Waals surface area contributed by atoms with Crippen molar-refractivity contribution in [2.75, 3.05) is 13.1 Å². The van der Waals surface area contributed by atoms with Gasteiger partial charge in [0.25, 0.3) is 0 Å². The Hall–Kier alpha value is -1.44. The van der Waals surface area contributed by atoms with Gasteiger partial charge in [-0.05, 0) is 31.0 Å². The fourth-order valence-electron chi connectivity index (χ4n) is 2.07. The number of hydrogen-bond acceptors (Lipinski definition) is 4. The molecule has 2 rings (SSSR count). The maximum atomic E-state index is 12.3. The van der Waals surface area contributed by atoms with Gasteiger partial charge >= 0.3 is 5.97 Å². The van der Waals surface area contributed by atoms with Gasteiger partial charge in [-0.15, -0.1) is 0 Å². The van der Waals surface area contributed by atoms with Crippen LogP contribution in [0.4, 0.5) is 0 Å². The first-order valence-corrected chi connectivity index (χ1v) is 7.28. The van der Waals surface area contributed by atoms with E-state index in [2.05, 4.69) is 0 Å². The van der Waals surface area contributed by atoms with E-state index in [4.69, 9.17) is 5.11 Å². The SMILES string of the molecule is Cc1ccc(S(=O)(=O)N2CC[C@@H](O)C2)cc1C(=O)O. The highest BCUT2D eigenvalue weighted by atomic mass is 32.2. The average molecular weight is 285 g/mol. The van der Waals surface area contributed by atoms with Crippen molar-refractivity contribution in [2.45, 2.75) is 24.3 Å². The van der Waals surface area contributed by atoms with Crippen molar-refractivity contribution < 1.29 is 23.4 Å². The third-order valence-electron chi connectivity index (χ3n) is 3.20. The summed E-state index contributed by atoms with van der Waals surface area (Å²) in [6.45, 7) is 1.91. The lowest BCUT2D eigenvalue weighted by Gasteiger charge is -2.16. The third-order valence-corrected chi connectivity index (χ3v) is 5.06. The molecule has 104 valence electrons. The molecule has 0 aromatic heterocycles. The van der Waals surface area contributed by atoms with E-state index in [9.17, 15) is 18.3 Å². The second kappa shape index (κ2) is 4.92. The highest BCUT2D eigenvalue weighted by Crippen LogP contribution is 2.23. The van der Waals surface area contributed by atoms with Crippen molar-refractivity contribution in [3.8, 4) is 0 Å². The predicted octanol–water partition coefficient (Wildman–Crippen LogP) is 0.449. The van der Waals surface area contributed by atoms with Crippen LogP contribution in [-0.2, 0) is 10.0 Å². The van der Waals surface area contributed by atoms with Crippen LogP contribution in [0.1, 0.15) is 22.3 Å². The number of carboxylic acids is 1. The summed E-state index contributed by atoms with van der Waals surface area (Å²) >= 11 is 0. The smallest absolute Gasteiger partial charge is 0.335 e. The largest absolute Gasteiger partial charge is 0.478 e. The first kappa shape index (κ1) is 14.0. The van der Waals surface area contributed by atoms with Crippen molar-refractivity contribution in [3.05, 3.63) is 29.3 Å². The zero-order valence-electron chi connectivity index (χ0n) is 10.4. The van der Waals surface area contributed by atoms with Gasteiger partial charge in [-0.1, -0.05) is 6.07 Å². The number of aliphatic hydroxyl groups is 1. The molecule has 1 aliphatic rings. The topological polar surface area (TPSA) is 94.9 Å². The fraction of sp³-hybridized carbons (Fsp3) is 0.417. The van der Waals surface area contributed by atoms with Gasteiger partial charge < -0.3 is 10.2 Å². The van der Waals surface area contributed by atoms with E-state index in [0.717, 1.165) is 6.07 Å². The molecule has 1 aromatic carbocycles. The molecular weight excluding hydrogens is 270 g/mol. The molecule has 1 fully saturated rings. The summed E-state index contributed by atoms with van der Waals surface area (Å²) in [6, 6.07) is 4.03. The minimum atomic E-state index is -3.73. The number of rotatable bonds is 3. The Bertz CT molecular complexity index is 611. The maximum absolute atomic E-state index is 12.3. The Kier molecular flexibility index (Phi) is 3.62. The van der Waals surface area contributed by atoms with Crippen LogP contribution < -0.4 is 0 Å². The normalized spacial score (nSPS) is 20.6. The van der Waals surface area contributed by atoms with E-state index in [0.29, 0.717) is 12.0 Å². The van der Waals surface area contributed by atoms with Gasteiger partial charge in [0.2, 0.25) is 10.0 Å². The summed E-state index contributed by atoms with van der Waals surface area (Å²) in [5.74, 6) is -1.16. The monoisotopic (exact) mass is 285 g/mol. The van der Waals surface area contributed by atoms with Crippen LogP contribution >= 0.6 is 0 Å². The van der Waals surface area contributed by atoms with Crippen LogP contribution in [0.5, 0.6) is 0 Å². The average Bonchev–Trinajstić information content (AvgIpc) is 2.76. The highest BCUT2D eigenvalue weighted by molar-refractivity contribution is 7.89. The molecule has 0 radical (unpaired) electrons. The Morgan fingerprint density at radius 2 is 2.11 bits per heavy atom. The number of hydrogen-bond donors (Lipinski definition) is 2. The van der Waals surface area contributed by atoms with Gasteiger partial charge in [0.05, 0.1) is 16.6 Å². The van der Waals surface area contributed by atoms with Crippen molar-refractivity contribution in [1.29, 1.82) is 0 Å². The first-order valence-electron chi connectivity index (χ1n) is 5.84. The number of sulfonamides is 1. The van der Waals surface area contributed by atoms with E-state index < -0.39 is 22.1 Å². The number of benzene rings is 1. The summed E-state index contributed by atoms with van der Waals surface area (Å²) in [7, 11) is -3.73. The molecule has 0 aliphatic carbocycles. The molecule has 2 N–H and O–H groups in total. The lowest BCUT2D eigenvalue weighted by molar-refractivity contribution is 0.0696. The van der Waals surface area contributed by atoms with Crippen molar-refractivity contribution >= 4 is 16.0 Å². The van der Waals surface area contributed by atoms with Crippen LogP contribution in [0, 0.1) is 6.92 Å². The molecule has 0 unspecified atom stereocenters. The Morgan fingerprint density at radius 3 is 2.63 bits per heavy atom. The van der Waals surface area contributed by atoms with E-state index in [1.165, 1.54) is 16.4 Å². The molecule has 19 heavy (non-hydrogen) atoms. The maximum Gasteiger partial charge on any atom is 0.335 e. The summed E-state index contributed by atoms with van der Waals surface area (Å²) in [5.41, 5.74) is 0.480. The Morgan fingerprint density at radius 1 is 1.42 bits per heavy atom. The molecule has 0 saturated carbocycles. The Labute approximate surface area is 111 Å². The number of aliphatic hydroxyl groups excluding tert-OH is 1. The zero-order chi connectivity index (χ0) is 14.2. The van der Waals surface area contributed by atoms with E-state index in [-0.39, 0.29) is 23.5 Å². The van der Waals surface area contributed by atoms with Crippen LogP contribution in [0.3, 0.4) is 0 Å². The number of carboxylic acid groups (broad SMARTS) is 1. The second-order valence-electron chi connectivity index (χ2n) is 4.59. The minimum absolute atomic E-state index is 0.0270. The van der Waals surface area contributed by atoms with Crippen LogP contribution in [-0.4, -0.2) is 48.1 Å². The number of nitrogens with zero attached hydrogens (tertiary/aromatic N) is 1. The van der Waals surface area contributed by atoms with E-state index in [1.807, 2.05) is 0 Å². The summed E-state index contributed by atoms with van der Waals surface area (Å²) in [5, 5.41) is 18.4. The molecule has 1 aliphatic heterocycles. The number of β-amino-alcohol motifs (C(OH)–C–C–N with tert-alkyl or cyclic N) is 1. The van der Waals surface area contributed by atoms with Crippen molar-refractivity contribution in [1.82, 2.24) is 4.31 Å². The van der Waals surface area contributed by atoms with E-state index >= 15 is 0 Å². The van der Waals surface area contributed by atoms with E-state index in [1.54, 1.807) is 6.92 Å².